The molecule has 0 spiro atoms. The van der Waals surface area contributed by atoms with Crippen molar-refractivity contribution in [1.82, 2.24) is 0 Å². The minimum Gasteiger partial charge on any atom is -0.330 e. The topological polar surface area (TPSA) is 26.0 Å². The summed E-state index contributed by atoms with van der Waals surface area (Å²) in [5, 5.41) is 0. The first-order chi connectivity index (χ1) is 4.41. The summed E-state index contributed by atoms with van der Waals surface area (Å²) in [6.07, 6.45) is 5.39. The van der Waals surface area contributed by atoms with E-state index in [4.69, 9.17) is 5.73 Å². The van der Waals surface area contributed by atoms with Crippen LogP contribution in [0.5, 0.6) is 0 Å². The minimum absolute atomic E-state index is 0.822. The van der Waals surface area contributed by atoms with E-state index in [9.17, 15) is 0 Å². The Bertz CT molecular complexity index is 71.3. The van der Waals surface area contributed by atoms with Gasteiger partial charge in [-0.15, -0.1) is 0 Å². The first-order valence-electron chi connectivity index (χ1n) is 3.30. The molecule has 0 fully saturated rings. The van der Waals surface area contributed by atoms with Crippen molar-refractivity contribution in [2.75, 3.05) is 18.1 Å². The summed E-state index contributed by atoms with van der Waals surface area (Å²) in [5.41, 5.74) is 5.31. The van der Waals surface area contributed by atoms with Crippen LogP contribution in [0.4, 0.5) is 0 Å². The Morgan fingerprint density at radius 1 is 1.56 bits per heavy atom. The summed E-state index contributed by atoms with van der Waals surface area (Å²) in [4.78, 5) is 0. The fraction of sp³-hybridized carbons (Fsp3) is 0.714. The zero-order valence-electron chi connectivity index (χ0n) is 5.97. The predicted octanol–water partition coefficient (Wildman–Crippen LogP) is 1.64. The second-order valence-electron chi connectivity index (χ2n) is 1.79. The summed E-state index contributed by atoms with van der Waals surface area (Å²) >= 11 is 1.94. The Kier molecular flexibility index (Phi) is 8.09. The smallest absolute Gasteiger partial charge is 0.0113 e. The largest absolute Gasteiger partial charge is 0.330 e. The lowest BCUT2D eigenvalue weighted by atomic mass is 10.5. The predicted molar refractivity (Wildman–Crippen MR) is 45.8 cm³/mol. The van der Waals surface area contributed by atoms with Crippen molar-refractivity contribution in [2.45, 2.75) is 13.3 Å². The summed E-state index contributed by atoms with van der Waals surface area (Å²) in [5.74, 6) is 2.33. The first-order valence-corrected chi connectivity index (χ1v) is 4.46. The molecule has 0 atom stereocenters. The van der Waals surface area contributed by atoms with Crippen LogP contribution < -0.4 is 5.73 Å². The van der Waals surface area contributed by atoms with Crippen LogP contribution in [-0.2, 0) is 0 Å². The van der Waals surface area contributed by atoms with Crippen molar-refractivity contribution in [3.63, 3.8) is 0 Å². The third-order valence-corrected chi connectivity index (χ3v) is 1.95. The highest BCUT2D eigenvalue weighted by Crippen LogP contribution is 2.00. The molecule has 0 rings (SSSR count). The minimum atomic E-state index is 0.822. The molecule has 54 valence electrons. The van der Waals surface area contributed by atoms with E-state index in [0.717, 1.165) is 18.7 Å². The molecule has 0 saturated carbocycles. The van der Waals surface area contributed by atoms with Crippen molar-refractivity contribution in [1.29, 1.82) is 0 Å². The zero-order valence-corrected chi connectivity index (χ0v) is 6.79. The zero-order chi connectivity index (χ0) is 6.95. The van der Waals surface area contributed by atoms with Crippen molar-refractivity contribution >= 4 is 11.8 Å². The van der Waals surface area contributed by atoms with E-state index in [1.54, 1.807) is 0 Å². The van der Waals surface area contributed by atoms with Gasteiger partial charge in [-0.05, 0) is 25.6 Å². The highest BCUT2D eigenvalue weighted by Gasteiger charge is 1.82. The van der Waals surface area contributed by atoms with Gasteiger partial charge in [-0.1, -0.05) is 12.2 Å². The molecule has 0 aliphatic carbocycles. The van der Waals surface area contributed by atoms with E-state index < -0.39 is 0 Å². The molecule has 9 heavy (non-hydrogen) atoms. The van der Waals surface area contributed by atoms with Crippen molar-refractivity contribution < 1.29 is 0 Å². The average Bonchev–Trinajstić information content (AvgIpc) is 1.89. The molecule has 1 nitrogen and oxygen atoms in total. The Morgan fingerprint density at radius 2 is 2.33 bits per heavy atom. The van der Waals surface area contributed by atoms with Crippen LogP contribution in [-0.4, -0.2) is 18.1 Å². The molecular weight excluding hydrogens is 130 g/mol. The molecule has 0 radical (unpaired) electrons. The van der Waals surface area contributed by atoms with Gasteiger partial charge < -0.3 is 5.73 Å². The van der Waals surface area contributed by atoms with Crippen molar-refractivity contribution in [3.8, 4) is 0 Å². The first kappa shape index (κ1) is 9.05. The third-order valence-electron chi connectivity index (χ3n) is 0.943. The van der Waals surface area contributed by atoms with Gasteiger partial charge in [0.05, 0.1) is 0 Å². The summed E-state index contributed by atoms with van der Waals surface area (Å²) < 4.78 is 0. The third kappa shape index (κ3) is 8.05. The van der Waals surface area contributed by atoms with E-state index in [1.807, 2.05) is 18.7 Å². The quantitative estimate of drug-likeness (QED) is 0.470. The molecule has 0 aromatic heterocycles. The van der Waals surface area contributed by atoms with Gasteiger partial charge in [0, 0.05) is 5.75 Å². The molecule has 0 aromatic rings. The molecule has 0 unspecified atom stereocenters. The number of allylic oxidation sites excluding steroid dienone is 1. The van der Waals surface area contributed by atoms with Crippen LogP contribution in [0.1, 0.15) is 13.3 Å². The summed E-state index contributed by atoms with van der Waals surface area (Å²) in [6.45, 7) is 2.87. The van der Waals surface area contributed by atoms with Gasteiger partial charge in [-0.25, -0.2) is 0 Å². The van der Waals surface area contributed by atoms with Gasteiger partial charge in [0.15, 0.2) is 0 Å². The lowest BCUT2D eigenvalue weighted by Gasteiger charge is -1.93. The van der Waals surface area contributed by atoms with Gasteiger partial charge in [-0.3, -0.25) is 0 Å². The van der Waals surface area contributed by atoms with E-state index in [2.05, 4.69) is 12.2 Å². The SMILES string of the molecule is C/C=C\CSCCCN. The average molecular weight is 145 g/mol. The van der Waals surface area contributed by atoms with Crippen LogP contribution in [0.2, 0.25) is 0 Å². The maximum Gasteiger partial charge on any atom is 0.0113 e. The van der Waals surface area contributed by atoms with Gasteiger partial charge >= 0.3 is 0 Å². The maximum atomic E-state index is 5.31. The van der Waals surface area contributed by atoms with Crippen LogP contribution in [0.25, 0.3) is 0 Å². The normalized spacial score (nSPS) is 10.9. The molecule has 0 aliphatic heterocycles. The number of hydrogen-bond donors (Lipinski definition) is 1. The molecule has 0 saturated heterocycles. The number of thioether (sulfide) groups is 1. The lowest BCUT2D eigenvalue weighted by molar-refractivity contribution is 0.944. The number of nitrogens with two attached hydrogens (primary N) is 1. The van der Waals surface area contributed by atoms with E-state index >= 15 is 0 Å². The molecular formula is C7H15NS. The van der Waals surface area contributed by atoms with Crippen LogP contribution in [0.3, 0.4) is 0 Å². The van der Waals surface area contributed by atoms with E-state index in [-0.39, 0.29) is 0 Å². The fourth-order valence-electron chi connectivity index (χ4n) is 0.433. The molecule has 0 heterocycles. The van der Waals surface area contributed by atoms with Gasteiger partial charge in [0.1, 0.15) is 0 Å². The molecule has 2 heteroatoms. The highest BCUT2D eigenvalue weighted by molar-refractivity contribution is 7.99. The van der Waals surface area contributed by atoms with Gasteiger partial charge in [0.2, 0.25) is 0 Å². The van der Waals surface area contributed by atoms with Gasteiger partial charge in [0.25, 0.3) is 0 Å². The second kappa shape index (κ2) is 8.05. The Hall–Kier alpha value is 0.0500. The standard InChI is InChI=1S/C7H15NS/c1-2-3-6-9-7-4-5-8/h2-3H,4-8H2,1H3/b3-2-. The lowest BCUT2D eigenvalue weighted by Crippen LogP contribution is -1.99. The molecule has 0 aliphatic rings. The second-order valence-corrected chi connectivity index (χ2v) is 2.94. The molecule has 0 amide bonds. The van der Waals surface area contributed by atoms with E-state index in [0.29, 0.717) is 0 Å². The van der Waals surface area contributed by atoms with E-state index in [1.165, 1.54) is 5.75 Å². The fourth-order valence-corrected chi connectivity index (χ4v) is 1.30. The summed E-state index contributed by atoms with van der Waals surface area (Å²) in [7, 11) is 0. The van der Waals surface area contributed by atoms with Gasteiger partial charge in [-0.2, -0.15) is 11.8 Å². The molecule has 0 bridgehead atoms. The monoisotopic (exact) mass is 145 g/mol. The maximum absolute atomic E-state index is 5.31. The van der Waals surface area contributed by atoms with Crippen LogP contribution in [0.15, 0.2) is 12.2 Å². The van der Waals surface area contributed by atoms with Crippen molar-refractivity contribution in [2.24, 2.45) is 5.73 Å². The Labute approximate surface area is 61.7 Å². The van der Waals surface area contributed by atoms with Crippen LogP contribution >= 0.6 is 11.8 Å². The van der Waals surface area contributed by atoms with Crippen molar-refractivity contribution in [3.05, 3.63) is 12.2 Å². The molecule has 0 aromatic carbocycles. The number of hydrogen-bond acceptors (Lipinski definition) is 2. The number of rotatable bonds is 5. The Morgan fingerprint density at radius 3 is 2.89 bits per heavy atom. The highest BCUT2D eigenvalue weighted by atomic mass is 32.2. The van der Waals surface area contributed by atoms with Crippen LogP contribution in [0, 0.1) is 0 Å². The summed E-state index contributed by atoms with van der Waals surface area (Å²) in [6, 6.07) is 0. The molecule has 2 N–H and O–H groups in total. The Balaban J connectivity index is 2.75.